The fourth-order valence-electron chi connectivity index (χ4n) is 3.37. The number of nitrogens with zero attached hydrogens (tertiary/aromatic N) is 1. The van der Waals surface area contributed by atoms with Crippen molar-refractivity contribution in [3.63, 3.8) is 0 Å². The zero-order chi connectivity index (χ0) is 21.4. The molecule has 27 heavy (non-hydrogen) atoms. The first-order valence-corrected chi connectivity index (χ1v) is 8.61. The van der Waals surface area contributed by atoms with Crippen LogP contribution < -0.4 is 0 Å². The summed E-state index contributed by atoms with van der Waals surface area (Å²) in [5.41, 5.74) is -5.55. The van der Waals surface area contributed by atoms with Crippen LogP contribution in [0.4, 0.5) is 0 Å². The van der Waals surface area contributed by atoms with Gasteiger partial charge in [-0.2, -0.15) is 0 Å². The van der Waals surface area contributed by atoms with Crippen molar-refractivity contribution in [3.05, 3.63) is 0 Å². The highest BCUT2D eigenvalue weighted by atomic mass is 16.6. The van der Waals surface area contributed by atoms with E-state index in [-0.39, 0.29) is 0 Å². The van der Waals surface area contributed by atoms with E-state index in [0.717, 1.165) is 26.0 Å². The van der Waals surface area contributed by atoms with E-state index in [4.69, 9.17) is 14.2 Å². The maximum atomic E-state index is 12.9. The predicted molar refractivity (Wildman–Crippen MR) is 93.3 cm³/mol. The number of hydrogen-bond acceptors (Lipinski definition) is 8. The van der Waals surface area contributed by atoms with Gasteiger partial charge in [0.25, 0.3) is 5.54 Å². The van der Waals surface area contributed by atoms with Gasteiger partial charge in [0.1, 0.15) is 17.2 Å². The largest absolute Gasteiger partial charge is 0.467 e. The van der Waals surface area contributed by atoms with Crippen molar-refractivity contribution in [1.29, 1.82) is 0 Å². The van der Waals surface area contributed by atoms with Crippen LogP contribution in [0.1, 0.15) is 48.0 Å². The van der Waals surface area contributed by atoms with E-state index < -0.39 is 58.9 Å². The molecular weight excluding hydrogens is 358 g/mol. The second-order valence-electron chi connectivity index (χ2n) is 8.13. The van der Waals surface area contributed by atoms with Gasteiger partial charge >= 0.3 is 17.9 Å². The van der Waals surface area contributed by atoms with Gasteiger partial charge in [-0.25, -0.2) is 14.4 Å². The van der Waals surface area contributed by atoms with Crippen molar-refractivity contribution in [2.24, 2.45) is 5.92 Å². The van der Waals surface area contributed by atoms with Crippen molar-refractivity contribution in [2.75, 3.05) is 14.2 Å². The van der Waals surface area contributed by atoms with Crippen LogP contribution in [0, 0.1) is 5.92 Å². The number of likely N-dealkylation sites (tertiary alicyclic amines) is 1. The van der Waals surface area contributed by atoms with Gasteiger partial charge in [-0.3, -0.25) is 4.79 Å². The smallest absolute Gasteiger partial charge is 0.346 e. The molecule has 0 saturated carbocycles. The molecule has 2 unspecified atom stereocenters. The summed E-state index contributed by atoms with van der Waals surface area (Å²) < 4.78 is 14.9. The predicted octanol–water partition coefficient (Wildman–Crippen LogP) is 0.421. The number of hydrogen-bond donors (Lipinski definition) is 1. The molecule has 1 aliphatic rings. The number of ether oxygens (including phenoxy) is 3. The summed E-state index contributed by atoms with van der Waals surface area (Å²) in [6.45, 7) is 9.38. The van der Waals surface area contributed by atoms with Gasteiger partial charge in [0.05, 0.1) is 20.6 Å². The molecule has 0 aromatic carbocycles. The summed E-state index contributed by atoms with van der Waals surface area (Å²) >= 11 is 0. The minimum Gasteiger partial charge on any atom is -0.467 e. The molecule has 154 valence electrons. The van der Waals surface area contributed by atoms with Crippen LogP contribution in [0.5, 0.6) is 0 Å². The van der Waals surface area contributed by atoms with E-state index >= 15 is 0 Å². The molecular formula is C18H29NO8. The second kappa shape index (κ2) is 7.46. The number of carbonyl (C=O) groups excluding carboxylic acids is 4. The summed E-state index contributed by atoms with van der Waals surface area (Å²) in [6.07, 6.45) is -0.566. The van der Waals surface area contributed by atoms with E-state index in [1.54, 1.807) is 34.6 Å². The Labute approximate surface area is 158 Å². The van der Waals surface area contributed by atoms with Crippen LogP contribution in [0.2, 0.25) is 0 Å². The third-order valence-corrected chi connectivity index (χ3v) is 4.42. The Morgan fingerprint density at radius 1 is 1.11 bits per heavy atom. The molecule has 1 saturated heterocycles. The molecule has 1 rings (SSSR count). The first-order chi connectivity index (χ1) is 12.2. The Morgan fingerprint density at radius 3 is 1.89 bits per heavy atom. The summed E-state index contributed by atoms with van der Waals surface area (Å²) in [5, 5.41) is 10.9. The van der Waals surface area contributed by atoms with Gasteiger partial charge in [0.2, 0.25) is 5.91 Å². The minimum absolute atomic E-state index is 0.536. The lowest BCUT2D eigenvalue weighted by atomic mass is 9.80. The number of amides is 1. The average molecular weight is 387 g/mol. The molecule has 1 fully saturated rings. The summed E-state index contributed by atoms with van der Waals surface area (Å²) in [4.78, 5) is 51.9. The molecule has 9 heteroatoms. The van der Waals surface area contributed by atoms with Gasteiger partial charge in [0, 0.05) is 0 Å². The highest BCUT2D eigenvalue weighted by Gasteiger charge is 2.73. The number of methoxy groups -OCH3 is 2. The number of aliphatic hydroxyl groups is 1. The molecule has 9 nitrogen and oxygen atoms in total. The second-order valence-corrected chi connectivity index (χ2v) is 8.13. The van der Waals surface area contributed by atoms with Crippen molar-refractivity contribution in [3.8, 4) is 0 Å². The van der Waals surface area contributed by atoms with Gasteiger partial charge < -0.3 is 24.2 Å². The Hall–Kier alpha value is -2.16. The molecule has 0 radical (unpaired) electrons. The van der Waals surface area contributed by atoms with Crippen LogP contribution in [0.15, 0.2) is 0 Å². The lowest BCUT2D eigenvalue weighted by Gasteiger charge is -2.43. The number of esters is 3. The van der Waals surface area contributed by atoms with Crippen molar-refractivity contribution < 1.29 is 38.5 Å². The summed E-state index contributed by atoms with van der Waals surface area (Å²) in [5.74, 6) is -4.49. The topological polar surface area (TPSA) is 119 Å². The maximum Gasteiger partial charge on any atom is 0.346 e. The SMILES string of the molecule is COC(=O)C1(C(=O)OC)N(C(C(=O)OC(C)(C)C)C(C)C)C(=O)CC1(C)O. The van der Waals surface area contributed by atoms with Crippen LogP contribution in [-0.4, -0.2) is 70.8 Å². The minimum atomic E-state index is -2.53. The molecule has 1 heterocycles. The Balaban J connectivity index is 3.71. The molecule has 1 amide bonds. The highest BCUT2D eigenvalue weighted by Crippen LogP contribution is 2.44. The normalized spacial score (nSPS) is 23.2. The molecule has 1 N–H and O–H groups in total. The summed E-state index contributed by atoms with van der Waals surface area (Å²) in [6, 6.07) is -1.32. The van der Waals surface area contributed by atoms with Crippen molar-refractivity contribution in [2.45, 2.75) is 70.7 Å². The van der Waals surface area contributed by atoms with Gasteiger partial charge in [-0.1, -0.05) is 13.8 Å². The fraction of sp³-hybridized carbons (Fsp3) is 0.778. The Morgan fingerprint density at radius 2 is 1.56 bits per heavy atom. The first kappa shape index (κ1) is 22.9. The van der Waals surface area contributed by atoms with Crippen molar-refractivity contribution >= 4 is 23.8 Å². The zero-order valence-electron chi connectivity index (χ0n) is 17.1. The fourth-order valence-corrected chi connectivity index (χ4v) is 3.37. The van der Waals surface area contributed by atoms with Crippen LogP contribution in [0.3, 0.4) is 0 Å². The number of rotatable bonds is 5. The van der Waals surface area contributed by atoms with Gasteiger partial charge in [-0.05, 0) is 33.6 Å². The monoisotopic (exact) mass is 387 g/mol. The van der Waals surface area contributed by atoms with Crippen molar-refractivity contribution in [1.82, 2.24) is 4.90 Å². The third-order valence-electron chi connectivity index (χ3n) is 4.42. The van der Waals surface area contributed by atoms with E-state index in [2.05, 4.69) is 0 Å². The van der Waals surface area contributed by atoms with E-state index in [1.807, 2.05) is 0 Å². The maximum absolute atomic E-state index is 12.9. The Kier molecular flexibility index (Phi) is 6.32. The molecule has 0 spiro atoms. The van der Waals surface area contributed by atoms with Crippen LogP contribution >= 0.6 is 0 Å². The third kappa shape index (κ3) is 3.78. The summed E-state index contributed by atoms with van der Waals surface area (Å²) in [7, 11) is 2.03. The van der Waals surface area contributed by atoms with E-state index in [1.165, 1.54) is 0 Å². The number of carbonyl (C=O) groups is 4. The quantitative estimate of drug-likeness (QED) is 0.409. The van der Waals surface area contributed by atoms with E-state index in [9.17, 15) is 24.3 Å². The van der Waals surface area contributed by atoms with Crippen LogP contribution in [0.25, 0.3) is 0 Å². The Bertz CT molecular complexity index is 616. The molecule has 0 aromatic heterocycles. The van der Waals surface area contributed by atoms with Gasteiger partial charge in [0.15, 0.2) is 0 Å². The van der Waals surface area contributed by atoms with E-state index in [0.29, 0.717) is 0 Å². The molecule has 0 aromatic rings. The zero-order valence-corrected chi connectivity index (χ0v) is 17.1. The highest BCUT2D eigenvalue weighted by molar-refractivity contribution is 6.13. The van der Waals surface area contributed by atoms with Crippen LogP contribution in [-0.2, 0) is 33.4 Å². The molecule has 1 aliphatic heterocycles. The molecule has 2 atom stereocenters. The van der Waals surface area contributed by atoms with Gasteiger partial charge in [-0.15, -0.1) is 0 Å². The molecule has 0 aliphatic carbocycles. The lowest BCUT2D eigenvalue weighted by molar-refractivity contribution is -0.193. The lowest BCUT2D eigenvalue weighted by Crippen LogP contribution is -2.71. The molecule has 0 bridgehead atoms. The average Bonchev–Trinajstić information content (AvgIpc) is 2.70. The first-order valence-electron chi connectivity index (χ1n) is 8.61. The standard InChI is InChI=1S/C18H29NO8/c1-10(2)12(13(21)27-16(3,4)5)19-11(20)9-17(6,24)18(19,14(22)25-7)15(23)26-8/h10,12,24H,9H2,1-8H3.